The van der Waals surface area contributed by atoms with Crippen LogP contribution >= 0.6 is 0 Å². The summed E-state index contributed by atoms with van der Waals surface area (Å²) in [6.45, 7) is 3.41. The largest absolute Gasteiger partial charge is 0.378 e. The van der Waals surface area contributed by atoms with Gasteiger partial charge in [0.1, 0.15) is 11.8 Å². The third kappa shape index (κ3) is 4.22. The predicted molar refractivity (Wildman–Crippen MR) is 121 cm³/mol. The Hall–Kier alpha value is -4.03. The van der Waals surface area contributed by atoms with Crippen LogP contribution in [0.15, 0.2) is 48.8 Å². The molecule has 1 saturated heterocycles. The number of fused-ring (bicyclic) bond motifs is 1. The third-order valence-electron chi connectivity index (χ3n) is 5.36. The maximum absolute atomic E-state index is 9.29. The van der Waals surface area contributed by atoms with Crippen molar-refractivity contribution in [2.45, 2.75) is 6.42 Å². The smallest absolute Gasteiger partial charge is 0.230 e. The molecule has 1 aromatic carbocycles. The third-order valence-corrected chi connectivity index (χ3v) is 5.36. The standard InChI is InChI=1S/C23H22N8O/c24-14-17-13-19-18(4-1-5-20(19)27-17)21-28-22(26-8-6-16-3-2-7-25-15-16)30-23(29-21)31-9-11-32-12-10-31/h1-5,7,13,15,27H,6,8-12H2,(H,26,28,29,30). The average Bonchev–Trinajstić information content (AvgIpc) is 3.29. The van der Waals surface area contributed by atoms with E-state index in [4.69, 9.17) is 14.7 Å². The van der Waals surface area contributed by atoms with Gasteiger partial charge in [-0.2, -0.15) is 20.2 Å². The average molecular weight is 426 g/mol. The first-order valence-electron chi connectivity index (χ1n) is 10.5. The van der Waals surface area contributed by atoms with Crippen molar-refractivity contribution in [3.05, 3.63) is 60.0 Å². The van der Waals surface area contributed by atoms with Crippen LogP contribution in [-0.2, 0) is 11.2 Å². The second-order valence-corrected chi connectivity index (χ2v) is 7.48. The summed E-state index contributed by atoms with van der Waals surface area (Å²) in [7, 11) is 0. The maximum atomic E-state index is 9.29. The number of pyridine rings is 1. The van der Waals surface area contributed by atoms with Gasteiger partial charge in [0.05, 0.1) is 13.2 Å². The number of rotatable bonds is 6. The van der Waals surface area contributed by atoms with Gasteiger partial charge in [-0.05, 0) is 30.2 Å². The summed E-state index contributed by atoms with van der Waals surface area (Å²) in [5, 5.41) is 13.5. The van der Waals surface area contributed by atoms with Crippen LogP contribution in [0, 0.1) is 11.3 Å². The van der Waals surface area contributed by atoms with Crippen molar-refractivity contribution < 1.29 is 4.74 Å². The predicted octanol–water partition coefficient (Wildman–Crippen LogP) is 2.78. The van der Waals surface area contributed by atoms with Gasteiger partial charge in [0, 0.05) is 48.5 Å². The Balaban J connectivity index is 1.49. The van der Waals surface area contributed by atoms with E-state index < -0.39 is 0 Å². The number of nitriles is 1. The van der Waals surface area contributed by atoms with E-state index in [1.54, 1.807) is 6.20 Å². The normalized spacial score (nSPS) is 13.8. The lowest BCUT2D eigenvalue weighted by molar-refractivity contribution is 0.122. The van der Waals surface area contributed by atoms with Crippen molar-refractivity contribution in [1.29, 1.82) is 5.26 Å². The first-order chi connectivity index (χ1) is 15.8. The summed E-state index contributed by atoms with van der Waals surface area (Å²) >= 11 is 0. The van der Waals surface area contributed by atoms with Crippen LogP contribution in [0.1, 0.15) is 11.3 Å². The van der Waals surface area contributed by atoms with Gasteiger partial charge in [-0.1, -0.05) is 18.2 Å². The molecule has 9 heteroatoms. The SMILES string of the molecule is N#Cc1cc2c(-c3nc(NCCc4cccnc4)nc(N4CCOCC4)n3)cccc2[nH]1. The lowest BCUT2D eigenvalue weighted by atomic mass is 10.1. The van der Waals surface area contributed by atoms with Gasteiger partial charge in [-0.25, -0.2) is 0 Å². The minimum Gasteiger partial charge on any atom is -0.378 e. The number of anilines is 2. The number of nitrogens with zero attached hydrogens (tertiary/aromatic N) is 6. The summed E-state index contributed by atoms with van der Waals surface area (Å²) in [5.74, 6) is 1.71. The molecule has 0 unspecified atom stereocenters. The van der Waals surface area contributed by atoms with Crippen molar-refractivity contribution >= 4 is 22.8 Å². The Morgan fingerprint density at radius 1 is 1.12 bits per heavy atom. The molecule has 4 heterocycles. The van der Waals surface area contributed by atoms with E-state index in [9.17, 15) is 5.26 Å². The van der Waals surface area contributed by atoms with E-state index in [2.05, 4.69) is 31.2 Å². The van der Waals surface area contributed by atoms with Crippen LogP contribution in [0.25, 0.3) is 22.3 Å². The van der Waals surface area contributed by atoms with E-state index in [1.807, 2.05) is 42.6 Å². The van der Waals surface area contributed by atoms with Gasteiger partial charge in [0.15, 0.2) is 5.82 Å². The Morgan fingerprint density at radius 2 is 2.03 bits per heavy atom. The highest BCUT2D eigenvalue weighted by Crippen LogP contribution is 2.28. The highest BCUT2D eigenvalue weighted by molar-refractivity contribution is 5.94. The lowest BCUT2D eigenvalue weighted by Crippen LogP contribution is -2.37. The number of hydrogen-bond donors (Lipinski definition) is 2. The second kappa shape index (κ2) is 8.99. The van der Waals surface area contributed by atoms with Crippen LogP contribution in [0.4, 0.5) is 11.9 Å². The fraction of sp³-hybridized carbons (Fsp3) is 0.261. The van der Waals surface area contributed by atoms with Gasteiger partial charge in [-0.3, -0.25) is 4.98 Å². The molecular weight excluding hydrogens is 404 g/mol. The summed E-state index contributed by atoms with van der Waals surface area (Å²) in [5.41, 5.74) is 3.37. The van der Waals surface area contributed by atoms with Gasteiger partial charge in [-0.15, -0.1) is 0 Å². The van der Waals surface area contributed by atoms with Crippen LogP contribution in [0.5, 0.6) is 0 Å². The van der Waals surface area contributed by atoms with Gasteiger partial charge < -0.3 is 19.9 Å². The molecule has 1 aliphatic rings. The highest BCUT2D eigenvalue weighted by atomic mass is 16.5. The van der Waals surface area contributed by atoms with Crippen molar-refractivity contribution in [1.82, 2.24) is 24.9 Å². The number of nitrogens with one attached hydrogen (secondary N) is 2. The number of aromatic amines is 1. The summed E-state index contributed by atoms with van der Waals surface area (Å²) in [6, 6.07) is 13.8. The van der Waals surface area contributed by atoms with E-state index in [-0.39, 0.29) is 0 Å². The molecule has 4 aromatic rings. The fourth-order valence-corrected chi connectivity index (χ4v) is 3.74. The van der Waals surface area contributed by atoms with Crippen molar-refractivity contribution in [2.75, 3.05) is 43.1 Å². The molecule has 1 aliphatic heterocycles. The molecule has 0 bridgehead atoms. The molecule has 160 valence electrons. The zero-order valence-electron chi connectivity index (χ0n) is 17.5. The second-order valence-electron chi connectivity index (χ2n) is 7.48. The minimum absolute atomic E-state index is 0.504. The first-order valence-corrected chi connectivity index (χ1v) is 10.5. The molecule has 0 spiro atoms. The molecule has 32 heavy (non-hydrogen) atoms. The van der Waals surface area contributed by atoms with Gasteiger partial charge in [0.25, 0.3) is 0 Å². The molecule has 0 radical (unpaired) electrons. The van der Waals surface area contributed by atoms with Crippen LogP contribution in [0.3, 0.4) is 0 Å². The molecule has 0 saturated carbocycles. The summed E-state index contributed by atoms with van der Waals surface area (Å²) in [4.78, 5) is 23.6. The topological polar surface area (TPSA) is 116 Å². The van der Waals surface area contributed by atoms with E-state index in [1.165, 1.54) is 0 Å². The zero-order chi connectivity index (χ0) is 21.8. The molecule has 1 fully saturated rings. The molecule has 5 rings (SSSR count). The molecule has 2 N–H and O–H groups in total. The Labute approximate surface area is 185 Å². The number of H-pyrrole nitrogens is 1. The van der Waals surface area contributed by atoms with Crippen molar-refractivity contribution in [2.24, 2.45) is 0 Å². The molecule has 0 amide bonds. The molecular formula is C23H22N8O. The van der Waals surface area contributed by atoms with Gasteiger partial charge >= 0.3 is 0 Å². The van der Waals surface area contributed by atoms with Crippen molar-refractivity contribution in [3.63, 3.8) is 0 Å². The monoisotopic (exact) mass is 426 g/mol. The zero-order valence-corrected chi connectivity index (χ0v) is 17.5. The molecule has 0 aliphatic carbocycles. The van der Waals surface area contributed by atoms with Crippen molar-refractivity contribution in [3.8, 4) is 17.5 Å². The number of benzene rings is 1. The Morgan fingerprint density at radius 3 is 2.84 bits per heavy atom. The maximum Gasteiger partial charge on any atom is 0.230 e. The van der Waals surface area contributed by atoms with Gasteiger partial charge in [0.2, 0.25) is 11.9 Å². The number of aromatic nitrogens is 5. The molecule has 0 atom stereocenters. The van der Waals surface area contributed by atoms with Crippen LogP contribution in [-0.4, -0.2) is 57.8 Å². The number of hydrogen-bond acceptors (Lipinski definition) is 8. The first kappa shape index (κ1) is 19.9. The number of ether oxygens (including phenoxy) is 1. The Bertz CT molecular complexity index is 1260. The van der Waals surface area contributed by atoms with Crippen LogP contribution in [0.2, 0.25) is 0 Å². The minimum atomic E-state index is 0.504. The van der Waals surface area contributed by atoms with E-state index >= 15 is 0 Å². The van der Waals surface area contributed by atoms with E-state index in [0.29, 0.717) is 43.2 Å². The number of morpholine rings is 1. The van der Waals surface area contributed by atoms with Crippen LogP contribution < -0.4 is 10.2 Å². The Kier molecular flexibility index (Phi) is 5.59. The van der Waals surface area contributed by atoms with E-state index in [0.717, 1.165) is 41.5 Å². The quantitative estimate of drug-likeness (QED) is 0.484. The molecule has 9 nitrogen and oxygen atoms in total. The summed E-state index contributed by atoms with van der Waals surface area (Å²) < 4.78 is 5.48. The molecule has 3 aromatic heterocycles. The summed E-state index contributed by atoms with van der Waals surface area (Å²) in [6.07, 6.45) is 4.43. The lowest BCUT2D eigenvalue weighted by Gasteiger charge is -2.27. The fourth-order valence-electron chi connectivity index (χ4n) is 3.74. The highest BCUT2D eigenvalue weighted by Gasteiger charge is 2.18.